The Morgan fingerprint density at radius 1 is 1.26 bits per heavy atom. The molecule has 0 spiro atoms. The summed E-state index contributed by atoms with van der Waals surface area (Å²) in [4.78, 5) is 19.0. The summed E-state index contributed by atoms with van der Waals surface area (Å²) >= 11 is 0. The van der Waals surface area contributed by atoms with Gasteiger partial charge in [-0.15, -0.1) is 0 Å². The van der Waals surface area contributed by atoms with Crippen LogP contribution in [0.25, 0.3) is 0 Å². The fraction of sp³-hybridized carbons (Fsp3) is 0.600. The number of carbonyl (C=O) groups is 1. The van der Waals surface area contributed by atoms with E-state index in [0.717, 1.165) is 12.2 Å². The molecule has 1 aromatic rings. The van der Waals surface area contributed by atoms with E-state index in [-0.39, 0.29) is 16.9 Å². The molecule has 0 bridgehead atoms. The van der Waals surface area contributed by atoms with Gasteiger partial charge in [0.15, 0.2) is 0 Å². The zero-order valence-electron chi connectivity index (χ0n) is 12.2. The van der Waals surface area contributed by atoms with Crippen LogP contribution < -0.4 is 5.32 Å². The predicted molar refractivity (Wildman–Crippen MR) is 75.5 cm³/mol. The fourth-order valence-corrected chi connectivity index (χ4v) is 2.43. The normalized spacial score (nSPS) is 22.1. The van der Waals surface area contributed by atoms with Crippen molar-refractivity contribution in [1.29, 1.82) is 0 Å². The van der Waals surface area contributed by atoms with Gasteiger partial charge >= 0.3 is 0 Å². The molecule has 2 heterocycles. The molecule has 1 aliphatic rings. The molecular formula is C15H23N3O. The number of hydrogen-bond acceptors (Lipinski definition) is 3. The second kappa shape index (κ2) is 4.93. The third kappa shape index (κ3) is 2.95. The molecule has 1 aliphatic heterocycles. The van der Waals surface area contributed by atoms with E-state index in [1.54, 1.807) is 6.20 Å². The summed E-state index contributed by atoms with van der Waals surface area (Å²) in [5.41, 5.74) is 0.354. The molecule has 0 atom stereocenters. The monoisotopic (exact) mass is 261 g/mol. The molecule has 0 radical (unpaired) electrons. The number of aromatic nitrogens is 1. The van der Waals surface area contributed by atoms with E-state index in [2.05, 4.69) is 24.1 Å². The molecule has 1 amide bonds. The molecule has 0 saturated carbocycles. The van der Waals surface area contributed by atoms with Crippen molar-refractivity contribution in [1.82, 2.24) is 15.2 Å². The molecule has 1 aromatic heterocycles. The van der Waals surface area contributed by atoms with Gasteiger partial charge in [-0.25, -0.2) is 0 Å². The number of carbonyl (C=O) groups excluding carboxylic acids is 1. The lowest BCUT2D eigenvalue weighted by Crippen LogP contribution is -2.52. The molecule has 104 valence electrons. The van der Waals surface area contributed by atoms with Gasteiger partial charge in [-0.2, -0.15) is 0 Å². The minimum atomic E-state index is -0.372. The van der Waals surface area contributed by atoms with Crippen molar-refractivity contribution in [3.8, 4) is 0 Å². The van der Waals surface area contributed by atoms with Crippen LogP contribution in [0.3, 0.4) is 0 Å². The lowest BCUT2D eigenvalue weighted by Gasteiger charge is -2.39. The van der Waals surface area contributed by atoms with Crippen molar-refractivity contribution in [2.45, 2.75) is 39.8 Å². The number of nitrogens with one attached hydrogen (secondary N) is 1. The minimum absolute atomic E-state index is 0.188. The summed E-state index contributed by atoms with van der Waals surface area (Å²) in [5, 5.41) is 3.39. The van der Waals surface area contributed by atoms with Crippen LogP contribution in [0, 0.1) is 5.41 Å². The highest BCUT2D eigenvalue weighted by Crippen LogP contribution is 2.28. The first-order chi connectivity index (χ1) is 8.83. The zero-order valence-corrected chi connectivity index (χ0v) is 12.2. The van der Waals surface area contributed by atoms with Crippen LogP contribution in [-0.2, 0) is 11.3 Å². The van der Waals surface area contributed by atoms with Crippen LogP contribution in [0.15, 0.2) is 24.4 Å². The molecular weight excluding hydrogens is 238 g/mol. The SMILES string of the molecule is CC1(C)CNCC(C)(C)N(Cc2ccccn2)C1=O. The van der Waals surface area contributed by atoms with Crippen molar-refractivity contribution >= 4 is 5.91 Å². The van der Waals surface area contributed by atoms with E-state index in [0.29, 0.717) is 13.1 Å². The van der Waals surface area contributed by atoms with Crippen molar-refractivity contribution in [3.05, 3.63) is 30.1 Å². The molecule has 1 saturated heterocycles. The van der Waals surface area contributed by atoms with Gasteiger partial charge in [0, 0.05) is 19.3 Å². The van der Waals surface area contributed by atoms with Crippen molar-refractivity contribution in [2.24, 2.45) is 5.41 Å². The Morgan fingerprint density at radius 2 is 2.00 bits per heavy atom. The van der Waals surface area contributed by atoms with E-state index >= 15 is 0 Å². The third-order valence-electron chi connectivity index (χ3n) is 3.73. The summed E-state index contributed by atoms with van der Waals surface area (Å²) in [6.45, 7) is 10.3. The Hall–Kier alpha value is -1.42. The van der Waals surface area contributed by atoms with Gasteiger partial charge in [-0.1, -0.05) is 6.07 Å². The molecule has 4 nitrogen and oxygen atoms in total. The maximum Gasteiger partial charge on any atom is 0.230 e. The maximum absolute atomic E-state index is 12.7. The van der Waals surface area contributed by atoms with Gasteiger partial charge < -0.3 is 10.2 Å². The van der Waals surface area contributed by atoms with E-state index in [1.807, 2.05) is 36.9 Å². The second-order valence-corrected chi connectivity index (χ2v) is 6.51. The van der Waals surface area contributed by atoms with E-state index in [1.165, 1.54) is 0 Å². The average Bonchev–Trinajstić information content (AvgIpc) is 2.41. The van der Waals surface area contributed by atoms with Crippen LogP contribution in [0.4, 0.5) is 0 Å². The van der Waals surface area contributed by atoms with Crippen LogP contribution in [0.2, 0.25) is 0 Å². The van der Waals surface area contributed by atoms with Crippen LogP contribution in [0.5, 0.6) is 0 Å². The number of pyridine rings is 1. The van der Waals surface area contributed by atoms with Crippen LogP contribution in [-0.4, -0.2) is 34.4 Å². The molecule has 4 heteroatoms. The highest BCUT2D eigenvalue weighted by molar-refractivity contribution is 5.83. The van der Waals surface area contributed by atoms with E-state index in [9.17, 15) is 4.79 Å². The number of amides is 1. The Morgan fingerprint density at radius 3 is 2.63 bits per heavy atom. The fourth-order valence-electron chi connectivity index (χ4n) is 2.43. The van der Waals surface area contributed by atoms with Gasteiger partial charge in [0.1, 0.15) is 0 Å². The van der Waals surface area contributed by atoms with Crippen LogP contribution >= 0.6 is 0 Å². The lowest BCUT2D eigenvalue weighted by atomic mass is 9.90. The molecule has 19 heavy (non-hydrogen) atoms. The van der Waals surface area contributed by atoms with Gasteiger partial charge in [0.05, 0.1) is 23.2 Å². The summed E-state index contributed by atoms with van der Waals surface area (Å²) in [6, 6.07) is 5.82. The first-order valence-electron chi connectivity index (χ1n) is 6.76. The number of hydrogen-bond donors (Lipinski definition) is 1. The van der Waals surface area contributed by atoms with Crippen LogP contribution in [0.1, 0.15) is 33.4 Å². The van der Waals surface area contributed by atoms with E-state index < -0.39 is 0 Å². The number of rotatable bonds is 2. The lowest BCUT2D eigenvalue weighted by molar-refractivity contribution is -0.144. The smallest absolute Gasteiger partial charge is 0.230 e. The molecule has 0 aromatic carbocycles. The van der Waals surface area contributed by atoms with Gasteiger partial charge in [-0.05, 0) is 39.8 Å². The highest BCUT2D eigenvalue weighted by Gasteiger charge is 2.41. The van der Waals surface area contributed by atoms with E-state index in [4.69, 9.17) is 0 Å². The summed E-state index contributed by atoms with van der Waals surface area (Å²) in [6.07, 6.45) is 1.77. The first-order valence-corrected chi connectivity index (χ1v) is 6.76. The third-order valence-corrected chi connectivity index (χ3v) is 3.73. The first kappa shape index (κ1) is 14.0. The average molecular weight is 261 g/mol. The molecule has 0 unspecified atom stereocenters. The summed E-state index contributed by atoms with van der Waals surface area (Å²) < 4.78 is 0. The summed E-state index contributed by atoms with van der Waals surface area (Å²) in [5.74, 6) is 0.188. The Kier molecular flexibility index (Phi) is 3.63. The highest BCUT2D eigenvalue weighted by atomic mass is 16.2. The Bertz CT molecular complexity index is 454. The minimum Gasteiger partial charge on any atom is -0.330 e. The molecule has 2 rings (SSSR count). The quantitative estimate of drug-likeness (QED) is 0.883. The second-order valence-electron chi connectivity index (χ2n) is 6.51. The standard InChI is InChI=1S/C15H23N3O/c1-14(2)10-16-11-15(3,4)18(13(14)19)9-12-7-5-6-8-17-12/h5-8,16H,9-11H2,1-4H3. The Labute approximate surface area is 115 Å². The predicted octanol–water partition coefficient (Wildman–Crippen LogP) is 1.82. The number of nitrogens with zero attached hydrogens (tertiary/aromatic N) is 2. The molecule has 1 N–H and O–H groups in total. The van der Waals surface area contributed by atoms with Crippen molar-refractivity contribution < 1.29 is 4.79 Å². The molecule has 0 aliphatic carbocycles. The molecule has 1 fully saturated rings. The van der Waals surface area contributed by atoms with Gasteiger partial charge in [0.2, 0.25) is 5.91 Å². The largest absolute Gasteiger partial charge is 0.330 e. The van der Waals surface area contributed by atoms with Gasteiger partial charge in [0.25, 0.3) is 0 Å². The maximum atomic E-state index is 12.7. The van der Waals surface area contributed by atoms with Gasteiger partial charge in [-0.3, -0.25) is 9.78 Å². The Balaban J connectivity index is 2.29. The summed E-state index contributed by atoms with van der Waals surface area (Å²) in [7, 11) is 0. The van der Waals surface area contributed by atoms with Crippen molar-refractivity contribution in [2.75, 3.05) is 13.1 Å². The zero-order chi connectivity index (χ0) is 14.1. The van der Waals surface area contributed by atoms with Crippen molar-refractivity contribution in [3.63, 3.8) is 0 Å². The topological polar surface area (TPSA) is 45.2 Å².